The summed E-state index contributed by atoms with van der Waals surface area (Å²) in [6, 6.07) is 4.88. The van der Waals surface area contributed by atoms with E-state index in [-0.39, 0.29) is 0 Å². The molecule has 0 saturated heterocycles. The van der Waals surface area contributed by atoms with Crippen molar-refractivity contribution in [3.63, 3.8) is 0 Å². The molecule has 1 aromatic rings. The zero-order chi connectivity index (χ0) is 13.4. The van der Waals surface area contributed by atoms with Gasteiger partial charge in [-0.05, 0) is 44.5 Å². The molecule has 0 amide bonds. The summed E-state index contributed by atoms with van der Waals surface area (Å²) in [7, 11) is 2.19. The van der Waals surface area contributed by atoms with E-state index >= 15 is 0 Å². The van der Waals surface area contributed by atoms with Crippen molar-refractivity contribution in [1.82, 2.24) is 4.90 Å². The fourth-order valence-corrected chi connectivity index (χ4v) is 3.10. The van der Waals surface area contributed by atoms with Gasteiger partial charge in [-0.2, -0.15) is 11.8 Å². The third-order valence-corrected chi connectivity index (χ3v) is 4.50. The van der Waals surface area contributed by atoms with Gasteiger partial charge in [-0.3, -0.25) is 4.90 Å². The highest BCUT2D eigenvalue weighted by molar-refractivity contribution is 7.98. The van der Waals surface area contributed by atoms with Gasteiger partial charge in [0, 0.05) is 17.5 Å². The van der Waals surface area contributed by atoms with Gasteiger partial charge in [-0.1, -0.05) is 11.8 Å². The molecule has 1 aromatic heterocycles. The van der Waals surface area contributed by atoms with Crippen LogP contribution in [-0.2, 0) is 6.54 Å². The zero-order valence-electron chi connectivity index (χ0n) is 11.4. The van der Waals surface area contributed by atoms with E-state index in [1.165, 1.54) is 17.1 Å². The summed E-state index contributed by atoms with van der Waals surface area (Å²) in [5.74, 6) is 7.20. The lowest BCUT2D eigenvalue weighted by atomic mass is 10.2. The molecule has 0 bridgehead atoms. The lowest BCUT2D eigenvalue weighted by Gasteiger charge is -2.23. The predicted octanol–water partition coefficient (Wildman–Crippen LogP) is 2.63. The van der Waals surface area contributed by atoms with Crippen molar-refractivity contribution in [2.75, 3.05) is 25.6 Å². The molecular weight excluding hydrogens is 260 g/mol. The molecule has 0 radical (unpaired) electrons. The Kier molecular flexibility index (Phi) is 7.45. The Morgan fingerprint density at radius 3 is 2.94 bits per heavy atom. The van der Waals surface area contributed by atoms with Crippen molar-refractivity contribution in [3.8, 4) is 11.8 Å². The van der Waals surface area contributed by atoms with E-state index in [0.29, 0.717) is 12.6 Å². The first kappa shape index (κ1) is 15.6. The van der Waals surface area contributed by atoms with E-state index < -0.39 is 0 Å². The van der Waals surface area contributed by atoms with Crippen molar-refractivity contribution < 1.29 is 0 Å². The number of hydrogen-bond donors (Lipinski definition) is 1. The lowest BCUT2D eigenvalue weighted by molar-refractivity contribution is 0.247. The summed E-state index contributed by atoms with van der Waals surface area (Å²) in [5.41, 5.74) is 5.37. The van der Waals surface area contributed by atoms with Crippen molar-refractivity contribution >= 4 is 23.1 Å². The van der Waals surface area contributed by atoms with E-state index in [1.807, 2.05) is 11.8 Å². The quantitative estimate of drug-likeness (QED) is 0.813. The Hall–Kier alpha value is -0.470. The molecular formula is C14H22N2S2. The molecule has 0 aliphatic rings. The van der Waals surface area contributed by atoms with Crippen LogP contribution in [0.3, 0.4) is 0 Å². The maximum atomic E-state index is 5.37. The van der Waals surface area contributed by atoms with Crippen LogP contribution in [0.25, 0.3) is 0 Å². The van der Waals surface area contributed by atoms with E-state index in [4.69, 9.17) is 5.73 Å². The van der Waals surface area contributed by atoms with E-state index in [9.17, 15) is 0 Å². The highest BCUT2D eigenvalue weighted by Gasteiger charge is 2.10. The number of nitrogens with zero attached hydrogens (tertiary/aromatic N) is 1. The van der Waals surface area contributed by atoms with Crippen molar-refractivity contribution in [3.05, 3.63) is 21.9 Å². The van der Waals surface area contributed by atoms with Gasteiger partial charge >= 0.3 is 0 Å². The van der Waals surface area contributed by atoms with Crippen LogP contribution >= 0.6 is 23.1 Å². The van der Waals surface area contributed by atoms with E-state index in [1.54, 1.807) is 11.3 Å². The second-order valence-electron chi connectivity index (χ2n) is 4.32. The molecule has 4 heteroatoms. The number of thiophene rings is 1. The van der Waals surface area contributed by atoms with Crippen LogP contribution in [0.1, 0.15) is 23.1 Å². The average molecular weight is 282 g/mol. The topological polar surface area (TPSA) is 29.3 Å². The first-order valence-corrected chi connectivity index (χ1v) is 8.35. The normalized spacial score (nSPS) is 12.3. The van der Waals surface area contributed by atoms with E-state index in [2.05, 4.69) is 49.1 Å². The summed E-state index contributed by atoms with van der Waals surface area (Å²) in [5, 5.41) is 0. The standard InChI is InChI=1S/C14H22N2S2/c1-12(8-10-17-3)16(2)11-14-7-6-13(18-14)5-4-9-15/h6-7,12H,8-11,15H2,1-3H3. The summed E-state index contributed by atoms with van der Waals surface area (Å²) in [4.78, 5) is 4.89. The van der Waals surface area contributed by atoms with Gasteiger partial charge in [-0.15, -0.1) is 11.3 Å². The zero-order valence-corrected chi connectivity index (χ0v) is 13.0. The molecule has 1 unspecified atom stereocenters. The van der Waals surface area contributed by atoms with Crippen LogP contribution in [0.2, 0.25) is 0 Å². The molecule has 0 fully saturated rings. The number of nitrogens with two attached hydrogens (primary N) is 1. The maximum Gasteiger partial charge on any atom is 0.0772 e. The molecule has 0 saturated carbocycles. The molecule has 2 nitrogen and oxygen atoms in total. The third-order valence-electron chi connectivity index (χ3n) is 2.87. The minimum Gasteiger partial charge on any atom is -0.320 e. The fourth-order valence-electron chi connectivity index (χ4n) is 1.58. The SMILES string of the molecule is CSCCC(C)N(C)Cc1ccc(C#CCN)s1. The van der Waals surface area contributed by atoms with Crippen LogP contribution in [-0.4, -0.2) is 36.5 Å². The second kappa shape index (κ2) is 8.60. The van der Waals surface area contributed by atoms with Crippen molar-refractivity contribution in [2.24, 2.45) is 5.73 Å². The maximum absolute atomic E-state index is 5.37. The lowest BCUT2D eigenvalue weighted by Crippen LogP contribution is -2.28. The van der Waals surface area contributed by atoms with Crippen molar-refractivity contribution in [2.45, 2.75) is 25.9 Å². The summed E-state index contributed by atoms with van der Waals surface area (Å²) >= 11 is 3.68. The largest absolute Gasteiger partial charge is 0.320 e. The Balaban J connectivity index is 2.48. The Labute approximate surface area is 119 Å². The van der Waals surface area contributed by atoms with Crippen LogP contribution in [0.4, 0.5) is 0 Å². The van der Waals surface area contributed by atoms with Gasteiger partial charge in [0.2, 0.25) is 0 Å². The predicted molar refractivity (Wildman–Crippen MR) is 84.2 cm³/mol. The first-order chi connectivity index (χ1) is 8.67. The van der Waals surface area contributed by atoms with Gasteiger partial charge in [0.15, 0.2) is 0 Å². The molecule has 0 spiro atoms. The molecule has 1 rings (SSSR count). The summed E-state index contributed by atoms with van der Waals surface area (Å²) in [6.45, 7) is 3.72. The summed E-state index contributed by atoms with van der Waals surface area (Å²) in [6.07, 6.45) is 3.40. The molecule has 0 aliphatic heterocycles. The van der Waals surface area contributed by atoms with Gasteiger partial charge in [0.1, 0.15) is 0 Å². The van der Waals surface area contributed by atoms with Crippen LogP contribution in [0, 0.1) is 11.8 Å². The Bertz CT molecular complexity index is 403. The van der Waals surface area contributed by atoms with Crippen LogP contribution in [0.15, 0.2) is 12.1 Å². The molecule has 0 aliphatic carbocycles. The molecule has 100 valence electrons. The van der Waals surface area contributed by atoms with Gasteiger partial charge in [0.25, 0.3) is 0 Å². The smallest absolute Gasteiger partial charge is 0.0772 e. The highest BCUT2D eigenvalue weighted by atomic mass is 32.2. The van der Waals surface area contributed by atoms with E-state index in [0.717, 1.165) is 11.4 Å². The minimum absolute atomic E-state index is 0.429. The van der Waals surface area contributed by atoms with Gasteiger partial charge < -0.3 is 5.73 Å². The average Bonchev–Trinajstić information content (AvgIpc) is 2.80. The second-order valence-corrected chi connectivity index (χ2v) is 6.47. The fraction of sp³-hybridized carbons (Fsp3) is 0.571. The van der Waals surface area contributed by atoms with Gasteiger partial charge in [0.05, 0.1) is 11.4 Å². The Morgan fingerprint density at radius 2 is 2.28 bits per heavy atom. The third kappa shape index (κ3) is 5.45. The number of thioether (sulfide) groups is 1. The highest BCUT2D eigenvalue weighted by Crippen LogP contribution is 2.18. The first-order valence-electron chi connectivity index (χ1n) is 6.14. The molecule has 18 heavy (non-hydrogen) atoms. The summed E-state index contributed by atoms with van der Waals surface area (Å²) < 4.78 is 0. The minimum atomic E-state index is 0.429. The van der Waals surface area contributed by atoms with Gasteiger partial charge in [-0.25, -0.2) is 0 Å². The van der Waals surface area contributed by atoms with Crippen molar-refractivity contribution in [1.29, 1.82) is 0 Å². The number of rotatable bonds is 6. The monoisotopic (exact) mass is 282 g/mol. The molecule has 1 atom stereocenters. The molecule has 0 aromatic carbocycles. The number of hydrogen-bond acceptors (Lipinski definition) is 4. The molecule has 1 heterocycles. The van der Waals surface area contributed by atoms with Crippen LogP contribution < -0.4 is 5.73 Å². The molecule has 2 N–H and O–H groups in total. The Morgan fingerprint density at radius 1 is 1.50 bits per heavy atom. The van der Waals surface area contributed by atoms with Crippen LogP contribution in [0.5, 0.6) is 0 Å².